The van der Waals surface area contributed by atoms with E-state index in [0.717, 1.165) is 29.8 Å². The molecule has 6 nitrogen and oxygen atoms in total. The summed E-state index contributed by atoms with van der Waals surface area (Å²) >= 11 is 0. The van der Waals surface area contributed by atoms with Crippen LogP contribution in [-0.2, 0) is 19.1 Å². The molecule has 168 valence electrons. The Labute approximate surface area is 186 Å². The third-order valence-corrected chi connectivity index (χ3v) is 6.17. The highest BCUT2D eigenvalue weighted by Gasteiger charge is 2.38. The Kier molecular flexibility index (Phi) is 6.02. The second-order valence-electron chi connectivity index (χ2n) is 8.17. The maximum absolute atomic E-state index is 14.4. The maximum Gasteiger partial charge on any atom is 0.340 e. The van der Waals surface area contributed by atoms with Crippen LogP contribution in [-0.4, -0.2) is 47.7 Å². The molecule has 1 amide bonds. The first-order valence-corrected chi connectivity index (χ1v) is 10.7. The number of hydrogen-bond donors (Lipinski definition) is 0. The molecule has 1 aromatic heterocycles. The van der Waals surface area contributed by atoms with Crippen LogP contribution in [0, 0.1) is 19.7 Å². The summed E-state index contributed by atoms with van der Waals surface area (Å²) in [6.07, 6.45) is 3.50. The van der Waals surface area contributed by atoms with Gasteiger partial charge in [0.2, 0.25) is 0 Å². The van der Waals surface area contributed by atoms with E-state index in [-0.39, 0.29) is 29.0 Å². The molecule has 0 bridgehead atoms. The SMILES string of the molecule is COC(=O)C1=C(C)N(C[C@@H]2CCCO2)C(=O)/C1=C/c1cc(C)n(-c2ccccc2F)c1C. The molecule has 0 spiro atoms. The van der Waals surface area contributed by atoms with Crippen molar-refractivity contribution in [3.63, 3.8) is 0 Å². The summed E-state index contributed by atoms with van der Waals surface area (Å²) in [5.41, 5.74) is 3.86. The van der Waals surface area contributed by atoms with Gasteiger partial charge in [0.25, 0.3) is 5.91 Å². The molecule has 2 aromatic rings. The number of esters is 1. The first-order valence-electron chi connectivity index (χ1n) is 10.7. The van der Waals surface area contributed by atoms with Gasteiger partial charge in [-0.15, -0.1) is 0 Å². The van der Waals surface area contributed by atoms with E-state index in [4.69, 9.17) is 9.47 Å². The van der Waals surface area contributed by atoms with E-state index < -0.39 is 5.97 Å². The number of amides is 1. The van der Waals surface area contributed by atoms with Crippen molar-refractivity contribution in [3.05, 3.63) is 69.9 Å². The van der Waals surface area contributed by atoms with Crippen LogP contribution in [0.25, 0.3) is 11.8 Å². The van der Waals surface area contributed by atoms with Gasteiger partial charge in [0.1, 0.15) is 5.82 Å². The quantitative estimate of drug-likeness (QED) is 0.521. The van der Waals surface area contributed by atoms with Crippen LogP contribution >= 0.6 is 0 Å². The molecular weight excluding hydrogens is 411 g/mol. The molecule has 32 heavy (non-hydrogen) atoms. The lowest BCUT2D eigenvalue weighted by Crippen LogP contribution is -2.33. The number of aromatic nitrogens is 1. The fourth-order valence-electron chi connectivity index (χ4n) is 4.53. The van der Waals surface area contributed by atoms with Gasteiger partial charge in [-0.25, -0.2) is 9.18 Å². The number of ether oxygens (including phenoxy) is 2. The summed E-state index contributed by atoms with van der Waals surface area (Å²) in [5.74, 6) is -1.15. The number of nitrogens with zero attached hydrogens (tertiary/aromatic N) is 2. The number of carbonyl (C=O) groups is 2. The van der Waals surface area contributed by atoms with Gasteiger partial charge in [-0.2, -0.15) is 0 Å². The number of hydrogen-bond acceptors (Lipinski definition) is 4. The molecule has 7 heteroatoms. The summed E-state index contributed by atoms with van der Waals surface area (Å²) in [6, 6.07) is 8.43. The van der Waals surface area contributed by atoms with Crippen LogP contribution in [0.15, 0.2) is 47.2 Å². The molecule has 2 aliphatic rings. The van der Waals surface area contributed by atoms with Crippen LogP contribution in [0.4, 0.5) is 4.39 Å². The molecule has 0 saturated carbocycles. The third kappa shape index (κ3) is 3.77. The van der Waals surface area contributed by atoms with Crippen LogP contribution < -0.4 is 0 Å². The molecule has 0 radical (unpaired) electrons. The minimum atomic E-state index is -0.556. The molecule has 0 aliphatic carbocycles. The summed E-state index contributed by atoms with van der Waals surface area (Å²) < 4.78 is 26.9. The first kappa shape index (κ1) is 22.0. The second-order valence-corrected chi connectivity index (χ2v) is 8.17. The minimum Gasteiger partial charge on any atom is -0.465 e. The molecule has 1 atom stereocenters. The van der Waals surface area contributed by atoms with E-state index in [2.05, 4.69) is 0 Å². The van der Waals surface area contributed by atoms with Crippen LogP contribution in [0.5, 0.6) is 0 Å². The first-order chi connectivity index (χ1) is 15.3. The molecule has 2 aliphatic heterocycles. The van der Waals surface area contributed by atoms with E-state index in [9.17, 15) is 14.0 Å². The van der Waals surface area contributed by atoms with Gasteiger partial charge < -0.3 is 18.9 Å². The number of halogens is 1. The average Bonchev–Trinajstić information content (AvgIpc) is 3.44. The average molecular weight is 438 g/mol. The van der Waals surface area contributed by atoms with Crippen molar-refractivity contribution >= 4 is 18.0 Å². The number of carbonyl (C=O) groups excluding carboxylic acids is 2. The minimum absolute atomic E-state index is 0.0433. The third-order valence-electron chi connectivity index (χ3n) is 6.17. The number of methoxy groups -OCH3 is 1. The predicted molar refractivity (Wildman–Crippen MR) is 119 cm³/mol. The highest BCUT2D eigenvalue weighted by molar-refractivity contribution is 6.16. The van der Waals surface area contributed by atoms with Gasteiger partial charge in [0.15, 0.2) is 0 Å². The number of para-hydroxylation sites is 1. The van der Waals surface area contributed by atoms with Crippen molar-refractivity contribution in [3.8, 4) is 5.69 Å². The molecule has 3 heterocycles. The molecule has 0 N–H and O–H groups in total. The van der Waals surface area contributed by atoms with Crippen LogP contribution in [0.2, 0.25) is 0 Å². The molecule has 4 rings (SSSR count). The number of rotatable bonds is 5. The monoisotopic (exact) mass is 438 g/mol. The smallest absolute Gasteiger partial charge is 0.340 e. The predicted octanol–water partition coefficient (Wildman–Crippen LogP) is 4.08. The molecule has 1 saturated heterocycles. The number of benzene rings is 1. The van der Waals surface area contributed by atoms with Crippen molar-refractivity contribution in [1.29, 1.82) is 0 Å². The van der Waals surface area contributed by atoms with E-state index >= 15 is 0 Å². The highest BCUT2D eigenvalue weighted by Crippen LogP contribution is 2.34. The van der Waals surface area contributed by atoms with Gasteiger partial charge in [0, 0.05) is 23.7 Å². The summed E-state index contributed by atoms with van der Waals surface area (Å²) in [6.45, 7) is 6.58. The topological polar surface area (TPSA) is 60.8 Å². The zero-order chi connectivity index (χ0) is 23.0. The Bertz CT molecular complexity index is 1140. The van der Waals surface area contributed by atoms with Gasteiger partial charge in [-0.3, -0.25) is 4.79 Å². The Morgan fingerprint density at radius 1 is 1.28 bits per heavy atom. The van der Waals surface area contributed by atoms with Gasteiger partial charge >= 0.3 is 5.97 Å². The lowest BCUT2D eigenvalue weighted by Gasteiger charge is -2.21. The standard InChI is InChI=1S/C25H27FN2O4/c1-15-12-18(16(2)28(15)22-10-6-5-9-21(22)26)13-20-23(25(30)31-4)17(3)27(24(20)29)14-19-8-7-11-32-19/h5-6,9-10,12-13,19H,7-8,11,14H2,1-4H3/b20-13+/t19-/m0/s1. The summed E-state index contributed by atoms with van der Waals surface area (Å²) in [5, 5.41) is 0. The Hall–Kier alpha value is -3.19. The molecule has 0 unspecified atom stereocenters. The Morgan fingerprint density at radius 2 is 2.03 bits per heavy atom. The van der Waals surface area contributed by atoms with E-state index in [0.29, 0.717) is 24.5 Å². The Morgan fingerprint density at radius 3 is 2.69 bits per heavy atom. The van der Waals surface area contributed by atoms with E-state index in [1.54, 1.807) is 40.7 Å². The fourth-order valence-corrected chi connectivity index (χ4v) is 4.53. The van der Waals surface area contributed by atoms with E-state index in [1.807, 2.05) is 19.9 Å². The molecule has 1 aromatic carbocycles. The van der Waals surface area contributed by atoms with Gasteiger partial charge in [-0.05, 0) is 63.5 Å². The lowest BCUT2D eigenvalue weighted by atomic mass is 10.0. The summed E-state index contributed by atoms with van der Waals surface area (Å²) in [7, 11) is 1.30. The van der Waals surface area contributed by atoms with Crippen molar-refractivity contribution in [2.24, 2.45) is 0 Å². The normalized spacial score (nSPS) is 20.0. The summed E-state index contributed by atoms with van der Waals surface area (Å²) in [4.78, 5) is 27.5. The largest absolute Gasteiger partial charge is 0.465 e. The van der Waals surface area contributed by atoms with Crippen LogP contribution in [0.3, 0.4) is 0 Å². The fraction of sp³-hybridized carbons (Fsp3) is 0.360. The zero-order valence-electron chi connectivity index (χ0n) is 18.8. The maximum atomic E-state index is 14.4. The Balaban J connectivity index is 1.77. The van der Waals surface area contributed by atoms with Gasteiger partial charge in [0.05, 0.1) is 36.6 Å². The van der Waals surface area contributed by atoms with Crippen molar-refractivity contribution in [2.75, 3.05) is 20.3 Å². The molecular formula is C25H27FN2O4. The van der Waals surface area contributed by atoms with Gasteiger partial charge in [-0.1, -0.05) is 12.1 Å². The van der Waals surface area contributed by atoms with Crippen molar-refractivity contribution in [2.45, 2.75) is 39.7 Å². The van der Waals surface area contributed by atoms with Crippen molar-refractivity contribution in [1.82, 2.24) is 9.47 Å². The number of allylic oxidation sites excluding steroid dienone is 1. The van der Waals surface area contributed by atoms with Crippen molar-refractivity contribution < 1.29 is 23.5 Å². The molecule has 1 fully saturated rings. The highest BCUT2D eigenvalue weighted by atomic mass is 19.1. The lowest BCUT2D eigenvalue weighted by molar-refractivity contribution is -0.136. The van der Waals surface area contributed by atoms with Crippen LogP contribution in [0.1, 0.15) is 36.7 Å². The second kappa shape index (κ2) is 8.74. The zero-order valence-corrected chi connectivity index (χ0v) is 18.8. The number of aryl methyl sites for hydroxylation is 1. The van der Waals surface area contributed by atoms with E-state index in [1.165, 1.54) is 13.2 Å².